The molecular formula is C14H21NO. The van der Waals surface area contributed by atoms with Crippen LogP contribution < -0.4 is 5.32 Å². The average molecular weight is 219 g/mol. The van der Waals surface area contributed by atoms with E-state index in [1.165, 1.54) is 25.7 Å². The van der Waals surface area contributed by atoms with Gasteiger partial charge >= 0.3 is 0 Å². The summed E-state index contributed by atoms with van der Waals surface area (Å²) in [5.41, 5.74) is 1.76. The number of hydrogen-bond acceptors (Lipinski definition) is 2. The maximum Gasteiger partial charge on any atom is 0.115 e. The predicted octanol–water partition coefficient (Wildman–Crippen LogP) is 3.06. The molecule has 16 heavy (non-hydrogen) atoms. The van der Waals surface area contributed by atoms with E-state index in [-0.39, 0.29) is 0 Å². The maximum absolute atomic E-state index is 9.34. The molecule has 0 aromatic heterocycles. The van der Waals surface area contributed by atoms with Crippen LogP contribution >= 0.6 is 0 Å². The minimum Gasteiger partial charge on any atom is -0.508 e. The first-order valence-electron chi connectivity index (χ1n) is 6.23. The number of nitrogens with one attached hydrogen (secondary N) is 1. The van der Waals surface area contributed by atoms with Crippen molar-refractivity contribution < 1.29 is 5.11 Å². The molecule has 1 fully saturated rings. The smallest absolute Gasteiger partial charge is 0.115 e. The Morgan fingerprint density at radius 2 is 2.19 bits per heavy atom. The zero-order valence-electron chi connectivity index (χ0n) is 10.00. The van der Waals surface area contributed by atoms with Crippen LogP contribution in [-0.2, 0) is 6.54 Å². The van der Waals surface area contributed by atoms with Gasteiger partial charge in [-0.15, -0.1) is 0 Å². The molecule has 0 amide bonds. The third kappa shape index (κ3) is 2.99. The monoisotopic (exact) mass is 219 g/mol. The van der Waals surface area contributed by atoms with Crippen LogP contribution in [0.4, 0.5) is 0 Å². The topological polar surface area (TPSA) is 32.3 Å². The molecule has 1 aliphatic carbocycles. The quantitative estimate of drug-likeness (QED) is 0.770. The molecule has 88 valence electrons. The number of benzene rings is 1. The van der Waals surface area contributed by atoms with Gasteiger partial charge in [-0.05, 0) is 42.4 Å². The molecule has 0 unspecified atom stereocenters. The molecule has 0 saturated heterocycles. The molecule has 2 nitrogen and oxygen atoms in total. The Hall–Kier alpha value is -1.02. The van der Waals surface area contributed by atoms with Gasteiger partial charge in [-0.1, -0.05) is 25.5 Å². The first-order valence-corrected chi connectivity index (χ1v) is 6.23. The molecule has 1 aromatic carbocycles. The van der Waals surface area contributed by atoms with Crippen LogP contribution in [0.3, 0.4) is 0 Å². The number of phenols is 1. The lowest BCUT2D eigenvalue weighted by Crippen LogP contribution is -2.23. The van der Waals surface area contributed by atoms with Crippen molar-refractivity contribution in [3.8, 4) is 5.75 Å². The highest BCUT2D eigenvalue weighted by Crippen LogP contribution is 2.48. The van der Waals surface area contributed by atoms with Crippen LogP contribution in [-0.4, -0.2) is 11.7 Å². The van der Waals surface area contributed by atoms with Gasteiger partial charge in [0.2, 0.25) is 0 Å². The minimum atomic E-state index is 0.356. The van der Waals surface area contributed by atoms with Gasteiger partial charge in [0.15, 0.2) is 0 Å². The SMILES string of the molecule is CCCC1(CNCc2cccc(O)c2)CC1. The zero-order valence-corrected chi connectivity index (χ0v) is 10.00. The normalized spacial score (nSPS) is 17.3. The summed E-state index contributed by atoms with van der Waals surface area (Å²) in [6.07, 6.45) is 5.40. The third-order valence-electron chi connectivity index (χ3n) is 3.48. The van der Waals surface area contributed by atoms with E-state index >= 15 is 0 Å². The van der Waals surface area contributed by atoms with Gasteiger partial charge in [0.25, 0.3) is 0 Å². The van der Waals surface area contributed by atoms with E-state index in [9.17, 15) is 5.11 Å². The van der Waals surface area contributed by atoms with E-state index in [4.69, 9.17) is 0 Å². The fourth-order valence-corrected chi connectivity index (χ4v) is 2.36. The second kappa shape index (κ2) is 4.88. The molecule has 2 heteroatoms. The Balaban J connectivity index is 1.76. The van der Waals surface area contributed by atoms with E-state index in [1.54, 1.807) is 6.07 Å². The molecule has 1 aliphatic rings. The van der Waals surface area contributed by atoms with E-state index in [0.29, 0.717) is 11.2 Å². The highest BCUT2D eigenvalue weighted by atomic mass is 16.3. The van der Waals surface area contributed by atoms with Crippen LogP contribution in [0.15, 0.2) is 24.3 Å². The molecule has 0 heterocycles. The van der Waals surface area contributed by atoms with Gasteiger partial charge < -0.3 is 10.4 Å². The summed E-state index contributed by atoms with van der Waals surface area (Å²) >= 11 is 0. The van der Waals surface area contributed by atoms with Gasteiger partial charge in [-0.3, -0.25) is 0 Å². The first kappa shape index (κ1) is 11.5. The predicted molar refractivity (Wildman–Crippen MR) is 66.4 cm³/mol. The molecule has 2 rings (SSSR count). The van der Waals surface area contributed by atoms with Crippen molar-refractivity contribution in [1.29, 1.82) is 0 Å². The third-order valence-corrected chi connectivity index (χ3v) is 3.48. The van der Waals surface area contributed by atoms with Crippen molar-refractivity contribution in [1.82, 2.24) is 5.32 Å². The number of rotatable bonds is 6. The minimum absolute atomic E-state index is 0.356. The van der Waals surface area contributed by atoms with E-state index < -0.39 is 0 Å². The van der Waals surface area contributed by atoms with Crippen molar-refractivity contribution in [3.63, 3.8) is 0 Å². The highest BCUT2D eigenvalue weighted by Gasteiger charge is 2.40. The Morgan fingerprint density at radius 1 is 1.38 bits per heavy atom. The van der Waals surface area contributed by atoms with Crippen molar-refractivity contribution >= 4 is 0 Å². The molecule has 1 aromatic rings. The Morgan fingerprint density at radius 3 is 2.81 bits per heavy atom. The van der Waals surface area contributed by atoms with E-state index in [0.717, 1.165) is 18.7 Å². The Labute approximate surface area is 97.7 Å². The second-order valence-electron chi connectivity index (χ2n) is 5.02. The van der Waals surface area contributed by atoms with Gasteiger partial charge in [0, 0.05) is 13.1 Å². The molecule has 0 bridgehead atoms. The summed E-state index contributed by atoms with van der Waals surface area (Å²) in [4.78, 5) is 0. The van der Waals surface area contributed by atoms with Gasteiger partial charge in [0.1, 0.15) is 5.75 Å². The largest absolute Gasteiger partial charge is 0.508 e. The molecule has 1 saturated carbocycles. The summed E-state index contributed by atoms with van der Waals surface area (Å²) in [6.45, 7) is 4.24. The van der Waals surface area contributed by atoms with E-state index in [1.807, 2.05) is 18.2 Å². The van der Waals surface area contributed by atoms with Gasteiger partial charge in [-0.25, -0.2) is 0 Å². The lowest BCUT2D eigenvalue weighted by atomic mass is 10.0. The molecule has 2 N–H and O–H groups in total. The highest BCUT2D eigenvalue weighted by molar-refractivity contribution is 5.26. The van der Waals surface area contributed by atoms with Crippen molar-refractivity contribution in [2.45, 2.75) is 39.2 Å². The van der Waals surface area contributed by atoms with Gasteiger partial charge in [0.05, 0.1) is 0 Å². The van der Waals surface area contributed by atoms with Crippen LogP contribution in [0.25, 0.3) is 0 Å². The summed E-state index contributed by atoms with van der Waals surface area (Å²) in [6, 6.07) is 7.48. The first-order chi connectivity index (χ1) is 7.74. The Kier molecular flexibility index (Phi) is 3.49. The fraction of sp³-hybridized carbons (Fsp3) is 0.571. The van der Waals surface area contributed by atoms with Crippen LogP contribution in [0, 0.1) is 5.41 Å². The number of aromatic hydroxyl groups is 1. The molecule has 0 radical (unpaired) electrons. The molecule has 0 aliphatic heterocycles. The molecular weight excluding hydrogens is 198 g/mol. The summed E-state index contributed by atoms with van der Waals surface area (Å²) < 4.78 is 0. The zero-order chi connectivity index (χ0) is 11.4. The Bertz CT molecular complexity index is 344. The summed E-state index contributed by atoms with van der Waals surface area (Å²) in [5, 5.41) is 12.8. The van der Waals surface area contributed by atoms with Crippen LogP contribution in [0.1, 0.15) is 38.2 Å². The molecule has 0 atom stereocenters. The van der Waals surface area contributed by atoms with E-state index in [2.05, 4.69) is 12.2 Å². The lowest BCUT2D eigenvalue weighted by molar-refractivity contribution is 0.420. The van der Waals surface area contributed by atoms with Crippen LogP contribution in [0.2, 0.25) is 0 Å². The van der Waals surface area contributed by atoms with Crippen molar-refractivity contribution in [3.05, 3.63) is 29.8 Å². The summed E-state index contributed by atoms with van der Waals surface area (Å²) in [7, 11) is 0. The second-order valence-corrected chi connectivity index (χ2v) is 5.02. The standard InChI is InChI=1S/C14H21NO/c1-2-6-14(7-8-14)11-15-10-12-4-3-5-13(16)9-12/h3-5,9,15-16H,2,6-8,10-11H2,1H3. The van der Waals surface area contributed by atoms with Crippen LogP contribution in [0.5, 0.6) is 5.75 Å². The average Bonchev–Trinajstić information content (AvgIpc) is 2.99. The summed E-state index contributed by atoms with van der Waals surface area (Å²) in [5.74, 6) is 0.356. The van der Waals surface area contributed by atoms with Gasteiger partial charge in [-0.2, -0.15) is 0 Å². The van der Waals surface area contributed by atoms with Crippen molar-refractivity contribution in [2.75, 3.05) is 6.54 Å². The molecule has 0 spiro atoms. The number of hydrogen-bond donors (Lipinski definition) is 2. The number of phenolic OH excluding ortho intramolecular Hbond substituents is 1. The van der Waals surface area contributed by atoms with Crippen molar-refractivity contribution in [2.24, 2.45) is 5.41 Å². The fourth-order valence-electron chi connectivity index (χ4n) is 2.36. The lowest BCUT2D eigenvalue weighted by Gasteiger charge is -2.14. The maximum atomic E-state index is 9.34.